The average Bonchev–Trinajstić information content (AvgIpc) is 0.924. The molecule has 1 N–H and O–H groups in total. The van der Waals surface area contributed by atoms with Crippen LogP contribution in [0, 0.1) is 42.7 Å². The molecule has 0 radical (unpaired) electrons. The van der Waals surface area contributed by atoms with Gasteiger partial charge in [-0.05, 0) is 115 Å². The molecule has 734 valence electrons. The van der Waals surface area contributed by atoms with Crippen LogP contribution in [0.3, 0.4) is 0 Å². The van der Waals surface area contributed by atoms with Gasteiger partial charge in [-0.15, -0.1) is 6.42 Å². The van der Waals surface area contributed by atoms with Crippen LogP contribution in [0.1, 0.15) is 17.0 Å². The van der Waals surface area contributed by atoms with Gasteiger partial charge in [-0.3, -0.25) is 53.8 Å². The number of ether oxygens (including phenoxy) is 9. The highest BCUT2D eigenvalue weighted by Crippen LogP contribution is 2.44. The number of nitrogens with zero attached hydrogens (tertiary/aromatic N) is 25. The maximum atomic E-state index is 15.1. The number of amides is 1. The number of aryl methyl sites for hydroxylation is 6. The minimum absolute atomic E-state index is 0.0713. The first-order valence-electron chi connectivity index (χ1n) is 45.3. The SMILES string of the molecule is C#CCN(c1ccc2ncc(-c3cnn(C)c3)nc2c1)c1c(F)c(OC)cc(OC)c1F.COc1cc(OC)cc(N(CC#Cc2ncccc2C)c2ccc3ncc(-c4cnn(C)c4)nc3c2)c1.COc1cc(OC)cc(N(CC(=O)Nc2nccc(OC)n2)c2ccc3ncc(-c4cnn(C)c4)nc3c2)c1.COc1cc(OC)cc(N(Cc2cc3ncccc3n2C)c2ccc3ncc(-c4cnn(C)c4)nc3c2)c1. The lowest BCUT2D eigenvalue weighted by molar-refractivity contribution is -0.114. The summed E-state index contributed by atoms with van der Waals surface area (Å²) in [4.78, 5) is 75.4. The lowest BCUT2D eigenvalue weighted by Gasteiger charge is -2.26. The third-order valence-electron chi connectivity index (χ3n) is 23.4. The fraction of sp³-hybridized carbons (Fsp3) is 0.176. The third kappa shape index (κ3) is 22.4. The number of rotatable bonds is 28. The predicted molar refractivity (Wildman–Crippen MR) is 555 cm³/mol. The van der Waals surface area contributed by atoms with E-state index in [1.165, 1.54) is 32.4 Å². The molecule has 20 rings (SSSR count). The second-order valence-electron chi connectivity index (χ2n) is 32.9. The summed E-state index contributed by atoms with van der Waals surface area (Å²) in [5.74, 6) is 10.9. The van der Waals surface area contributed by atoms with E-state index in [0.29, 0.717) is 104 Å². The molecule has 0 aliphatic rings. The second-order valence-corrected chi connectivity index (χ2v) is 32.9. The van der Waals surface area contributed by atoms with Crippen molar-refractivity contribution < 1.29 is 56.2 Å². The third-order valence-corrected chi connectivity index (χ3v) is 23.4. The van der Waals surface area contributed by atoms with Crippen molar-refractivity contribution >= 4 is 113 Å². The van der Waals surface area contributed by atoms with Crippen molar-refractivity contribution in [3.8, 4) is 121 Å². The van der Waals surface area contributed by atoms with Gasteiger partial charge in [0, 0.05) is 213 Å². The molecule has 0 bridgehead atoms. The van der Waals surface area contributed by atoms with Crippen molar-refractivity contribution in [1.29, 1.82) is 0 Å². The molecule has 8 aromatic carbocycles. The number of terminal acetylenes is 1. The van der Waals surface area contributed by atoms with Crippen LogP contribution in [-0.2, 0) is 46.6 Å². The van der Waals surface area contributed by atoms with Crippen LogP contribution in [0.2, 0.25) is 0 Å². The maximum Gasteiger partial charge on any atom is 0.246 e. The summed E-state index contributed by atoms with van der Waals surface area (Å²) in [6.45, 7) is 2.82. The topological polar surface area (TPSA) is 356 Å². The van der Waals surface area contributed by atoms with Crippen LogP contribution in [0.25, 0.3) is 100 Å². The molecule has 0 aliphatic carbocycles. The molecule has 146 heavy (non-hydrogen) atoms. The van der Waals surface area contributed by atoms with Gasteiger partial charge in [0.05, 0.1) is 211 Å². The van der Waals surface area contributed by atoms with Crippen LogP contribution >= 0.6 is 0 Å². The van der Waals surface area contributed by atoms with E-state index in [9.17, 15) is 4.79 Å². The predicted octanol–water partition coefficient (Wildman–Crippen LogP) is 17.9. The van der Waals surface area contributed by atoms with E-state index in [1.807, 2.05) is 173 Å². The number of benzene rings is 8. The monoisotopic (exact) mass is 1960 g/mol. The Labute approximate surface area is 837 Å². The Kier molecular flexibility index (Phi) is 30.0. The summed E-state index contributed by atoms with van der Waals surface area (Å²) in [6, 6.07) is 52.6. The molecule has 38 heteroatoms. The van der Waals surface area contributed by atoms with Crippen molar-refractivity contribution in [2.75, 3.05) is 109 Å². The van der Waals surface area contributed by atoms with E-state index in [0.717, 1.165) is 113 Å². The highest BCUT2D eigenvalue weighted by molar-refractivity contribution is 5.96. The number of nitrogens with one attached hydrogen (secondary N) is 1. The first-order valence-corrected chi connectivity index (χ1v) is 45.3. The molecule has 12 aromatic heterocycles. The molecule has 1 amide bonds. The van der Waals surface area contributed by atoms with E-state index in [4.69, 9.17) is 64.0 Å². The highest BCUT2D eigenvalue weighted by atomic mass is 19.1. The fourth-order valence-electron chi connectivity index (χ4n) is 16.0. The van der Waals surface area contributed by atoms with Crippen LogP contribution in [0.5, 0.6) is 51.9 Å². The molecule has 0 atom stereocenters. The molecule has 20 aromatic rings. The molecule has 0 saturated heterocycles. The molecule has 0 unspecified atom stereocenters. The van der Waals surface area contributed by atoms with Crippen molar-refractivity contribution in [2.24, 2.45) is 35.2 Å². The van der Waals surface area contributed by atoms with Gasteiger partial charge < -0.3 is 66.8 Å². The molecule has 0 fully saturated rings. The van der Waals surface area contributed by atoms with E-state index in [2.05, 4.69) is 134 Å². The van der Waals surface area contributed by atoms with Gasteiger partial charge in [0.1, 0.15) is 52.4 Å². The van der Waals surface area contributed by atoms with Gasteiger partial charge in [0.15, 0.2) is 23.1 Å². The highest BCUT2D eigenvalue weighted by Gasteiger charge is 2.28. The van der Waals surface area contributed by atoms with Crippen LogP contribution < -0.4 is 67.5 Å². The maximum absolute atomic E-state index is 15.1. The Morgan fingerprint density at radius 2 is 0.774 bits per heavy atom. The molecular formula is C108H98F2N26O10. The van der Waals surface area contributed by atoms with Crippen LogP contribution in [0.15, 0.2) is 263 Å². The number of hydrogen-bond donors (Lipinski definition) is 1. The Morgan fingerprint density at radius 1 is 0.377 bits per heavy atom. The Balaban J connectivity index is 0.000000133. The van der Waals surface area contributed by atoms with Gasteiger partial charge in [-0.2, -0.15) is 25.4 Å². The molecule has 0 saturated carbocycles. The zero-order chi connectivity index (χ0) is 102. The van der Waals surface area contributed by atoms with Crippen molar-refractivity contribution in [1.82, 2.24) is 103 Å². The molecular weight excluding hydrogens is 1860 g/mol. The summed E-state index contributed by atoms with van der Waals surface area (Å²) < 4.78 is 87.8. The Hall–Kier alpha value is -19.3. The van der Waals surface area contributed by atoms with E-state index in [-0.39, 0.29) is 42.1 Å². The van der Waals surface area contributed by atoms with Crippen LogP contribution in [0.4, 0.5) is 60.2 Å². The van der Waals surface area contributed by atoms with E-state index >= 15 is 8.78 Å². The summed E-state index contributed by atoms with van der Waals surface area (Å²) in [6.07, 6.45) is 32.0. The zero-order valence-corrected chi connectivity index (χ0v) is 82.3. The summed E-state index contributed by atoms with van der Waals surface area (Å²) in [7, 11) is 23.3. The van der Waals surface area contributed by atoms with E-state index in [1.54, 1.807) is 155 Å². The quantitative estimate of drug-likeness (QED) is 0.0445. The first kappa shape index (κ1) is 98.3. The van der Waals surface area contributed by atoms with Crippen molar-refractivity contribution in [3.63, 3.8) is 0 Å². The second kappa shape index (κ2) is 44.5. The lowest BCUT2D eigenvalue weighted by atomic mass is 10.1. The number of halogens is 2. The van der Waals surface area contributed by atoms with Gasteiger partial charge >= 0.3 is 0 Å². The fourth-order valence-corrected chi connectivity index (χ4v) is 16.0. The summed E-state index contributed by atoms with van der Waals surface area (Å²) >= 11 is 0. The lowest BCUT2D eigenvalue weighted by Crippen LogP contribution is -2.30. The molecule has 36 nitrogen and oxygen atoms in total. The normalized spacial score (nSPS) is 10.8. The molecule has 0 aliphatic heterocycles. The minimum atomic E-state index is -0.892. The number of anilines is 9. The number of fused-ring (bicyclic) bond motifs is 5. The summed E-state index contributed by atoms with van der Waals surface area (Å²) in [5.41, 5.74) is 22.1. The van der Waals surface area contributed by atoms with E-state index < -0.39 is 11.6 Å². The van der Waals surface area contributed by atoms with Gasteiger partial charge in [0.25, 0.3) is 0 Å². The number of methoxy groups -OCH3 is 9. The number of pyridine rings is 2. The molecule has 12 heterocycles. The van der Waals surface area contributed by atoms with Crippen molar-refractivity contribution in [3.05, 3.63) is 291 Å². The number of hydrogen-bond acceptors (Lipinski definition) is 30. The molecule has 0 spiro atoms. The van der Waals surface area contributed by atoms with Crippen LogP contribution in [-0.4, -0.2) is 193 Å². The Morgan fingerprint density at radius 3 is 1.16 bits per heavy atom. The first-order chi connectivity index (χ1) is 71.0. The number of aromatic nitrogens is 21. The van der Waals surface area contributed by atoms with Crippen molar-refractivity contribution in [2.45, 2.75) is 13.5 Å². The Bertz CT molecular complexity index is 8210. The summed E-state index contributed by atoms with van der Waals surface area (Å²) in [5, 5.41) is 19.6. The van der Waals surface area contributed by atoms with Gasteiger partial charge in [0.2, 0.25) is 17.7 Å². The smallest absolute Gasteiger partial charge is 0.246 e. The standard InChI is InChI=1S/C29H27N7O2.C29H26N6O2.C27H26N8O4.C23H19F2N5O2/c1-34-17-19(15-32-34)28-16-31-25-8-7-20(12-26(25)33-28)36(21-10-23(37-3)14-24(11-21)38-4)18-22-13-27-29(35(22)2)6-5-9-30-27;1-20-7-5-11-30-26(20)8-6-12-35(23-13-24(36-3)16-25(14-23)37-4)22-9-10-27-28(15-22)33-29(18-31-27)21-17-32-34(2)19-21;1-34-15-17(13-30-34)24-14-29-22-6-5-18(11-23(22)31-24)35(19-9-20(37-2)12-21(10-19)38-3)16-25(36)32-27-28-8-7-26(33-27)39-4;1-5-8-30(23-21(24)19(31-3)10-20(32-4)22(23)25)15-6-7-16-17(9-15)28-18(12-26-16)14-11-27-29(2)13-14/h5-17H,18H2,1-4H3;5,7,9-11,13-19H,12H2,1-4H3;5-15H,16H2,1-4H3,(H,28,32,33,36);1,6-7,9-13H,8H2,2-4H3. The van der Waals surface area contributed by atoms with Gasteiger partial charge in [-0.25, -0.2) is 38.7 Å². The zero-order valence-electron chi connectivity index (χ0n) is 82.3. The average molecular weight is 1960 g/mol. The largest absolute Gasteiger partial charge is 0.497 e. The minimum Gasteiger partial charge on any atom is -0.497 e. The number of carbonyl (C=O) groups is 1. The number of carbonyl (C=O) groups excluding carboxylic acids is 1. The van der Waals surface area contributed by atoms with Gasteiger partial charge in [-0.1, -0.05) is 17.9 Å².